The number of hydrogen-bond donors (Lipinski definition) is 2. The van der Waals surface area contributed by atoms with Crippen LogP contribution >= 0.6 is 22.9 Å². The third kappa shape index (κ3) is 4.10. The average molecular weight is 429 g/mol. The van der Waals surface area contributed by atoms with Crippen LogP contribution in [0.5, 0.6) is 0 Å². The Morgan fingerprint density at radius 1 is 1.17 bits per heavy atom. The summed E-state index contributed by atoms with van der Waals surface area (Å²) < 4.78 is 2.03. The molecule has 150 valence electrons. The standard InChI is InChI=1S/C20H21ClN6OS/c1-2-3-4-18-22-19(21)17(10-28)27(18)9-13-5-7-14(8-6-13)15-11-29-12-16(15)20-23-25-26-24-20/h5-8,11-12,28H,2-4,9-10H2,1H3,(H,23,24,25,26). The molecule has 0 aliphatic rings. The second kappa shape index (κ2) is 8.86. The highest BCUT2D eigenvalue weighted by Gasteiger charge is 2.16. The molecule has 0 saturated carbocycles. The van der Waals surface area contributed by atoms with E-state index in [1.165, 1.54) is 0 Å². The van der Waals surface area contributed by atoms with Crippen LogP contribution < -0.4 is 0 Å². The second-order valence-corrected chi connectivity index (χ2v) is 7.86. The predicted octanol–water partition coefficient (Wildman–Crippen LogP) is 4.33. The summed E-state index contributed by atoms with van der Waals surface area (Å²) in [5, 5.41) is 28.4. The molecule has 0 fully saturated rings. The van der Waals surface area contributed by atoms with E-state index in [0.717, 1.165) is 47.3 Å². The number of halogens is 1. The Kier molecular flexibility index (Phi) is 6.03. The minimum Gasteiger partial charge on any atom is -0.390 e. The normalized spacial score (nSPS) is 11.3. The molecule has 1 aromatic carbocycles. The molecule has 0 atom stereocenters. The van der Waals surface area contributed by atoms with Crippen LogP contribution in [-0.4, -0.2) is 35.3 Å². The van der Waals surface area contributed by atoms with Gasteiger partial charge >= 0.3 is 0 Å². The monoisotopic (exact) mass is 428 g/mol. The van der Waals surface area contributed by atoms with Crippen LogP contribution in [-0.2, 0) is 19.6 Å². The number of aromatic amines is 1. The molecule has 0 aliphatic heterocycles. The molecule has 0 unspecified atom stereocenters. The van der Waals surface area contributed by atoms with E-state index in [1.54, 1.807) is 11.3 Å². The highest BCUT2D eigenvalue weighted by atomic mass is 35.5. The van der Waals surface area contributed by atoms with E-state index in [-0.39, 0.29) is 6.61 Å². The summed E-state index contributed by atoms with van der Waals surface area (Å²) in [6.07, 6.45) is 2.96. The molecule has 0 amide bonds. The maximum absolute atomic E-state index is 9.74. The predicted molar refractivity (Wildman–Crippen MR) is 114 cm³/mol. The van der Waals surface area contributed by atoms with Gasteiger partial charge in [0.2, 0.25) is 0 Å². The number of imidazole rings is 1. The summed E-state index contributed by atoms with van der Waals surface area (Å²) in [5.41, 5.74) is 4.95. The summed E-state index contributed by atoms with van der Waals surface area (Å²) in [6.45, 7) is 2.64. The molecule has 0 spiro atoms. The Labute approximate surface area is 177 Å². The Morgan fingerprint density at radius 3 is 2.66 bits per heavy atom. The maximum Gasteiger partial charge on any atom is 0.180 e. The maximum atomic E-state index is 9.74. The Morgan fingerprint density at radius 2 is 1.97 bits per heavy atom. The molecule has 0 saturated heterocycles. The van der Waals surface area contributed by atoms with Gasteiger partial charge in [-0.25, -0.2) is 10.1 Å². The molecular formula is C20H21ClN6OS. The number of tetrazole rings is 1. The van der Waals surface area contributed by atoms with Crippen molar-refractivity contribution in [3.63, 3.8) is 0 Å². The van der Waals surface area contributed by atoms with Crippen molar-refractivity contribution in [2.45, 2.75) is 39.3 Å². The average Bonchev–Trinajstić information content (AvgIpc) is 3.47. The molecule has 2 N–H and O–H groups in total. The Hall–Kier alpha value is -2.55. The number of unbranched alkanes of at least 4 members (excludes halogenated alkanes) is 1. The molecule has 3 aromatic heterocycles. The van der Waals surface area contributed by atoms with Crippen molar-refractivity contribution in [1.82, 2.24) is 30.2 Å². The van der Waals surface area contributed by atoms with Crippen molar-refractivity contribution >= 4 is 22.9 Å². The third-order valence-corrected chi connectivity index (χ3v) is 5.92. The zero-order valence-corrected chi connectivity index (χ0v) is 17.5. The fourth-order valence-electron chi connectivity index (χ4n) is 3.32. The van der Waals surface area contributed by atoms with Crippen LogP contribution in [0.15, 0.2) is 35.0 Å². The van der Waals surface area contributed by atoms with Crippen molar-refractivity contribution in [3.8, 4) is 22.5 Å². The number of aromatic nitrogens is 6. The van der Waals surface area contributed by atoms with Gasteiger partial charge in [0.05, 0.1) is 12.3 Å². The molecule has 4 aromatic rings. The van der Waals surface area contributed by atoms with E-state index in [4.69, 9.17) is 11.6 Å². The van der Waals surface area contributed by atoms with Gasteiger partial charge in [0.25, 0.3) is 0 Å². The van der Waals surface area contributed by atoms with Crippen LogP contribution in [0.4, 0.5) is 0 Å². The van der Waals surface area contributed by atoms with Crippen LogP contribution in [0.25, 0.3) is 22.5 Å². The van der Waals surface area contributed by atoms with Crippen molar-refractivity contribution in [1.29, 1.82) is 0 Å². The van der Waals surface area contributed by atoms with Crippen molar-refractivity contribution in [3.05, 3.63) is 57.3 Å². The number of rotatable bonds is 8. The van der Waals surface area contributed by atoms with Gasteiger partial charge in [0, 0.05) is 29.5 Å². The molecule has 0 bridgehead atoms. The lowest BCUT2D eigenvalue weighted by Crippen LogP contribution is -2.09. The lowest BCUT2D eigenvalue weighted by Gasteiger charge is -2.12. The van der Waals surface area contributed by atoms with Gasteiger partial charge in [0.1, 0.15) is 5.82 Å². The fraction of sp³-hybridized carbons (Fsp3) is 0.300. The number of benzene rings is 1. The van der Waals surface area contributed by atoms with Gasteiger partial charge in [-0.3, -0.25) is 0 Å². The summed E-state index contributed by atoms with van der Waals surface area (Å²) >= 11 is 7.86. The molecule has 29 heavy (non-hydrogen) atoms. The third-order valence-electron chi connectivity index (χ3n) is 4.87. The number of aliphatic hydroxyl groups is 1. The van der Waals surface area contributed by atoms with Gasteiger partial charge in [-0.2, -0.15) is 11.3 Å². The molecule has 0 aliphatic carbocycles. The summed E-state index contributed by atoms with van der Waals surface area (Å²) in [6, 6.07) is 8.36. The molecule has 0 radical (unpaired) electrons. The number of hydrogen-bond acceptors (Lipinski definition) is 6. The Balaban J connectivity index is 1.60. The first-order valence-corrected chi connectivity index (χ1v) is 10.8. The zero-order valence-electron chi connectivity index (χ0n) is 16.0. The first-order valence-electron chi connectivity index (χ1n) is 9.45. The zero-order chi connectivity index (χ0) is 20.2. The quantitative estimate of drug-likeness (QED) is 0.435. The van der Waals surface area contributed by atoms with E-state index < -0.39 is 0 Å². The number of aliphatic hydroxyl groups excluding tert-OH is 1. The van der Waals surface area contributed by atoms with Gasteiger partial charge < -0.3 is 9.67 Å². The van der Waals surface area contributed by atoms with E-state index in [0.29, 0.717) is 23.2 Å². The smallest absolute Gasteiger partial charge is 0.180 e. The van der Waals surface area contributed by atoms with Crippen molar-refractivity contribution in [2.24, 2.45) is 0 Å². The van der Waals surface area contributed by atoms with Crippen LogP contribution in [0.2, 0.25) is 5.15 Å². The molecular weight excluding hydrogens is 408 g/mol. The molecule has 4 rings (SSSR count). The topological polar surface area (TPSA) is 92.5 Å². The van der Waals surface area contributed by atoms with Crippen LogP contribution in [0, 0.1) is 0 Å². The lowest BCUT2D eigenvalue weighted by molar-refractivity contribution is 0.271. The first kappa shape index (κ1) is 19.8. The fourth-order valence-corrected chi connectivity index (χ4v) is 4.42. The largest absolute Gasteiger partial charge is 0.390 e. The number of aryl methyl sites for hydroxylation is 1. The minimum absolute atomic E-state index is 0.125. The second-order valence-electron chi connectivity index (χ2n) is 6.76. The molecule has 3 heterocycles. The minimum atomic E-state index is -0.125. The number of thiophene rings is 1. The van der Waals surface area contributed by atoms with Crippen LogP contribution in [0.1, 0.15) is 36.8 Å². The van der Waals surface area contributed by atoms with E-state index in [9.17, 15) is 5.11 Å². The SMILES string of the molecule is CCCCc1nc(Cl)c(CO)n1Cc1ccc(-c2cscc2-c2nnn[nH]2)cc1. The van der Waals surface area contributed by atoms with Gasteiger partial charge in [-0.1, -0.05) is 49.2 Å². The van der Waals surface area contributed by atoms with Crippen molar-refractivity contribution in [2.75, 3.05) is 0 Å². The summed E-state index contributed by atoms with van der Waals surface area (Å²) in [5.74, 6) is 1.58. The first-order chi connectivity index (χ1) is 14.2. The lowest BCUT2D eigenvalue weighted by atomic mass is 10.0. The number of nitrogens with zero attached hydrogens (tertiary/aromatic N) is 5. The van der Waals surface area contributed by atoms with Gasteiger partial charge in [-0.15, -0.1) is 5.10 Å². The number of nitrogens with one attached hydrogen (secondary N) is 1. The summed E-state index contributed by atoms with van der Waals surface area (Å²) in [4.78, 5) is 4.46. The van der Waals surface area contributed by atoms with Gasteiger partial charge in [-0.05, 0) is 33.4 Å². The van der Waals surface area contributed by atoms with E-state index in [2.05, 4.69) is 62.2 Å². The summed E-state index contributed by atoms with van der Waals surface area (Å²) in [7, 11) is 0. The van der Waals surface area contributed by atoms with E-state index in [1.807, 2.05) is 9.95 Å². The van der Waals surface area contributed by atoms with Crippen LogP contribution in [0.3, 0.4) is 0 Å². The molecule has 9 heteroatoms. The number of H-pyrrole nitrogens is 1. The van der Waals surface area contributed by atoms with Gasteiger partial charge in [0.15, 0.2) is 11.0 Å². The highest BCUT2D eigenvalue weighted by Crippen LogP contribution is 2.33. The highest BCUT2D eigenvalue weighted by molar-refractivity contribution is 7.08. The van der Waals surface area contributed by atoms with E-state index >= 15 is 0 Å². The van der Waals surface area contributed by atoms with Crippen molar-refractivity contribution < 1.29 is 5.11 Å². The Bertz CT molecular complexity index is 1070. The molecule has 7 nitrogen and oxygen atoms in total.